The lowest BCUT2D eigenvalue weighted by atomic mass is 9.88. The summed E-state index contributed by atoms with van der Waals surface area (Å²) in [5.41, 5.74) is 2.21. The fourth-order valence-corrected chi connectivity index (χ4v) is 12.5. The van der Waals surface area contributed by atoms with Crippen molar-refractivity contribution in [3.05, 3.63) is 102 Å². The highest BCUT2D eigenvalue weighted by atomic mass is 32.2. The second-order valence-electron chi connectivity index (χ2n) is 19.8. The maximum absolute atomic E-state index is 15.2. The molecule has 9 atom stereocenters. The molecule has 4 N–H and O–H groups in total. The summed E-state index contributed by atoms with van der Waals surface area (Å²) in [5, 5.41) is 18.4. The van der Waals surface area contributed by atoms with Crippen LogP contribution in [0.4, 0.5) is 5.69 Å². The number of hydrogen-bond acceptors (Lipinski definition) is 14. The zero-order valence-corrected chi connectivity index (χ0v) is 42.5. The standard InChI is InChI=1S/C53H67N9O9S/c1-7-37-51(68)61-24-12-15-38(61)52(69)59(6)39(27-33-17-19-36(20-18-33)58(4)5)31(2)62-30-44(72-43-29-60-25-21-34(43)22-26-60)42(64)28-40(62)48(65)57-46(35-13-9-8-10-14-35)53(70)71-32(3)45(49(66)55-37)56-50(67)47-41(63)16-11-23-54-47/h8-11,13-14,16-20,23,32,34,37-40,43-46,63H,2,7,12,15,21-22,24-30H2,1,3-6H3,(H,55,66)(H,56,67)(H,57,65)/t32-,37+,38-,39-,40?,43?,44+,45-,46+/m0/s1. The normalized spacial score (nSPS) is 29.8. The quantitative estimate of drug-likeness (QED) is 0.227. The van der Waals surface area contributed by atoms with Crippen molar-refractivity contribution in [1.29, 1.82) is 0 Å². The Labute approximate surface area is 425 Å². The van der Waals surface area contributed by atoms with E-state index >= 15 is 9.59 Å². The fourth-order valence-electron chi connectivity index (χ4n) is 10.7. The minimum absolute atomic E-state index is 0.103. The van der Waals surface area contributed by atoms with Gasteiger partial charge in [-0.05, 0) is 99.8 Å². The van der Waals surface area contributed by atoms with E-state index in [0.29, 0.717) is 30.0 Å². The zero-order chi connectivity index (χ0) is 51.4. The molecular weight excluding hydrogens is 939 g/mol. The van der Waals surface area contributed by atoms with Gasteiger partial charge in [0.1, 0.15) is 41.8 Å². The number of anilines is 1. The third kappa shape index (κ3) is 11.3. The van der Waals surface area contributed by atoms with Crippen molar-refractivity contribution in [2.45, 2.75) is 112 Å². The van der Waals surface area contributed by atoms with Gasteiger partial charge in [0.25, 0.3) is 5.91 Å². The summed E-state index contributed by atoms with van der Waals surface area (Å²) in [7, 11) is 5.57. The van der Waals surface area contributed by atoms with E-state index in [0.717, 1.165) is 43.7 Å². The predicted molar refractivity (Wildman–Crippen MR) is 272 cm³/mol. The van der Waals surface area contributed by atoms with Crippen LogP contribution in [0.15, 0.2) is 85.2 Å². The van der Waals surface area contributed by atoms with Crippen molar-refractivity contribution in [2.75, 3.05) is 58.8 Å². The molecule has 0 saturated carbocycles. The van der Waals surface area contributed by atoms with Gasteiger partial charge >= 0.3 is 5.97 Å². The fraction of sp³-hybridized carbons (Fsp3) is 0.509. The third-order valence-electron chi connectivity index (χ3n) is 15.0. The molecule has 18 nitrogen and oxygen atoms in total. The number of thioether (sulfide) groups is 1. The van der Waals surface area contributed by atoms with Gasteiger partial charge in [0, 0.05) is 70.0 Å². The van der Waals surface area contributed by atoms with Crippen LogP contribution in [-0.4, -0.2) is 172 Å². The predicted octanol–water partition coefficient (Wildman–Crippen LogP) is 3.06. The Balaban J connectivity index is 1.21. The molecule has 2 unspecified atom stereocenters. The summed E-state index contributed by atoms with van der Waals surface area (Å²) in [6.07, 6.45) is 2.98. The molecule has 19 heteroatoms. The van der Waals surface area contributed by atoms with E-state index in [1.807, 2.05) is 48.2 Å². The number of hydrogen-bond donors (Lipinski definition) is 4. The number of piperidine rings is 4. The molecule has 2 bridgehead atoms. The van der Waals surface area contributed by atoms with Crippen LogP contribution in [-0.2, 0) is 39.9 Å². The van der Waals surface area contributed by atoms with E-state index < -0.39 is 88.6 Å². The van der Waals surface area contributed by atoms with Gasteiger partial charge in [-0.25, -0.2) is 9.78 Å². The molecule has 9 rings (SSSR count). The number of amides is 5. The molecule has 5 amide bonds. The van der Waals surface area contributed by atoms with Crippen LogP contribution in [0.25, 0.3) is 0 Å². The van der Waals surface area contributed by atoms with E-state index in [-0.39, 0.29) is 49.3 Å². The van der Waals surface area contributed by atoms with Crippen molar-refractivity contribution in [3.8, 4) is 5.75 Å². The number of ether oxygens (including phenoxy) is 1. The van der Waals surface area contributed by atoms with Gasteiger partial charge in [-0.15, -0.1) is 11.8 Å². The first-order chi connectivity index (χ1) is 34.5. The molecule has 7 heterocycles. The van der Waals surface area contributed by atoms with Crippen LogP contribution >= 0.6 is 11.8 Å². The lowest BCUT2D eigenvalue weighted by molar-refractivity contribution is -0.155. The summed E-state index contributed by atoms with van der Waals surface area (Å²) in [6, 6.07) is 11.8. The summed E-state index contributed by atoms with van der Waals surface area (Å²) < 4.78 is 6.02. The van der Waals surface area contributed by atoms with E-state index in [4.69, 9.17) is 4.74 Å². The maximum atomic E-state index is 15.2. The molecule has 384 valence electrons. The Hall–Kier alpha value is -6.47. The molecule has 6 fully saturated rings. The summed E-state index contributed by atoms with van der Waals surface area (Å²) in [6.45, 7) is 11.0. The monoisotopic (exact) mass is 1010 g/mol. The molecule has 72 heavy (non-hydrogen) atoms. The number of nitrogens with zero attached hydrogens (tertiary/aromatic N) is 6. The van der Waals surface area contributed by atoms with Crippen LogP contribution in [0.5, 0.6) is 5.75 Å². The van der Waals surface area contributed by atoms with Crippen molar-refractivity contribution in [2.24, 2.45) is 5.92 Å². The lowest BCUT2D eigenvalue weighted by Gasteiger charge is -2.48. The number of aromatic nitrogens is 1. The molecule has 0 radical (unpaired) electrons. The number of likely N-dealkylation sites (N-methyl/N-ethyl adjacent to an activating group) is 1. The highest BCUT2D eigenvalue weighted by Crippen LogP contribution is 2.40. The van der Waals surface area contributed by atoms with Crippen LogP contribution in [0.2, 0.25) is 0 Å². The number of rotatable bonds is 9. The molecule has 0 spiro atoms. The Morgan fingerprint density at radius 2 is 1.61 bits per heavy atom. The number of carbonyl (C=O) groups excluding carboxylic acids is 7. The summed E-state index contributed by atoms with van der Waals surface area (Å²) >= 11 is 1.66. The van der Waals surface area contributed by atoms with Crippen molar-refractivity contribution in [1.82, 2.24) is 40.5 Å². The average molecular weight is 1010 g/mol. The molecule has 0 aliphatic carbocycles. The molecule has 6 aliphatic rings. The van der Waals surface area contributed by atoms with Crippen molar-refractivity contribution in [3.63, 3.8) is 0 Å². The number of nitrogens with one attached hydrogen (secondary N) is 3. The minimum Gasteiger partial charge on any atom is -0.505 e. The number of aromatic hydroxyl groups is 1. The molecule has 1 aromatic heterocycles. The Kier molecular flexibility index (Phi) is 16.2. The molecule has 6 saturated heterocycles. The van der Waals surface area contributed by atoms with Crippen molar-refractivity contribution < 1.29 is 43.4 Å². The number of Topliss-reactive ketones (excluding diaryl/α,β-unsaturated/α-hetero) is 1. The van der Waals surface area contributed by atoms with Crippen LogP contribution < -0.4 is 20.9 Å². The zero-order valence-electron chi connectivity index (χ0n) is 41.7. The first-order valence-corrected chi connectivity index (χ1v) is 26.0. The van der Waals surface area contributed by atoms with Crippen LogP contribution in [0, 0.1) is 5.92 Å². The second kappa shape index (κ2) is 22.5. The van der Waals surface area contributed by atoms with Gasteiger partial charge in [-0.1, -0.05) is 56.0 Å². The number of carbonyl (C=O) groups is 7. The van der Waals surface area contributed by atoms with Crippen molar-refractivity contribution >= 4 is 58.7 Å². The number of esters is 1. The SMILES string of the molecule is C=C1[C@H](Cc2ccc(N(C)C)cc2)N(C)C(=O)[C@@H]2CCCN2C(=O)[C@@H](CC)NC(=O)[C@@H](NC(=O)c2ncccc2O)[C@H](C)OC(=O)[C@@H](c2ccccc2)NC(=O)C2CC(=O)[C@H](SC3CN4CCC3CC4)CN12. The highest BCUT2D eigenvalue weighted by molar-refractivity contribution is 8.01. The van der Waals surface area contributed by atoms with Gasteiger partial charge < -0.3 is 50.3 Å². The van der Waals surface area contributed by atoms with Gasteiger partial charge in [-0.2, -0.15) is 0 Å². The van der Waals surface area contributed by atoms with E-state index in [2.05, 4.69) is 32.4 Å². The average Bonchev–Trinajstić information content (AvgIpc) is 3.88. The number of fused-ring (bicyclic) bond motifs is 5. The molecule has 3 aromatic rings. The van der Waals surface area contributed by atoms with E-state index in [9.17, 15) is 29.1 Å². The molecular formula is C53H67N9O9S. The largest absolute Gasteiger partial charge is 0.505 e. The van der Waals surface area contributed by atoms with E-state index in [1.54, 1.807) is 61.0 Å². The first-order valence-electron chi connectivity index (χ1n) is 25.0. The van der Waals surface area contributed by atoms with Crippen LogP contribution in [0.3, 0.4) is 0 Å². The smallest absolute Gasteiger partial charge is 0.333 e. The van der Waals surface area contributed by atoms with Gasteiger partial charge in [0.15, 0.2) is 11.7 Å². The number of cyclic esters (lactones) is 1. The highest BCUT2D eigenvalue weighted by Gasteiger charge is 2.47. The third-order valence-corrected chi connectivity index (χ3v) is 16.6. The van der Waals surface area contributed by atoms with Gasteiger partial charge in [-0.3, -0.25) is 28.8 Å². The minimum atomic E-state index is -1.66. The van der Waals surface area contributed by atoms with E-state index in [1.165, 1.54) is 30.2 Å². The second-order valence-corrected chi connectivity index (χ2v) is 21.3. The van der Waals surface area contributed by atoms with Gasteiger partial charge in [0.05, 0.1) is 11.3 Å². The maximum Gasteiger partial charge on any atom is 0.333 e. The van der Waals surface area contributed by atoms with Crippen LogP contribution in [0.1, 0.15) is 80.0 Å². The Morgan fingerprint density at radius 1 is 0.889 bits per heavy atom. The molecule has 6 aliphatic heterocycles. The number of ketones is 1. The van der Waals surface area contributed by atoms with Gasteiger partial charge in [0.2, 0.25) is 23.6 Å². The molecule has 2 aromatic carbocycles. The summed E-state index contributed by atoms with van der Waals surface area (Å²) in [5.74, 6) is -4.49. The first kappa shape index (κ1) is 51.9. The lowest BCUT2D eigenvalue weighted by Crippen LogP contribution is -2.60. The Morgan fingerprint density at radius 3 is 2.26 bits per heavy atom. The summed E-state index contributed by atoms with van der Waals surface area (Å²) in [4.78, 5) is 116. The number of benzene rings is 2. The Bertz CT molecular complexity index is 2520. The topological polar surface area (TPSA) is 214 Å². The number of pyridine rings is 1.